The van der Waals surface area contributed by atoms with Gasteiger partial charge in [0.15, 0.2) is 0 Å². The van der Waals surface area contributed by atoms with Crippen molar-refractivity contribution in [3.63, 3.8) is 0 Å². The summed E-state index contributed by atoms with van der Waals surface area (Å²) in [5.74, 6) is -0.656. The van der Waals surface area contributed by atoms with Crippen LogP contribution in [0.1, 0.15) is 44.6 Å². The lowest BCUT2D eigenvalue weighted by Gasteiger charge is -2.12. The lowest BCUT2D eigenvalue weighted by Crippen LogP contribution is -2.41. The molecular formula is C18H24N4O4S2. The SMILES string of the molecule is Cc1nc(CC(C)C)sc1C(=O)NNC(=O)c1cccc(S(=O)(=O)N(C)C)c1. The summed E-state index contributed by atoms with van der Waals surface area (Å²) in [4.78, 5) is 29.5. The number of thiazole rings is 1. The first-order valence-corrected chi connectivity index (χ1v) is 10.9. The van der Waals surface area contributed by atoms with Crippen LogP contribution in [0.2, 0.25) is 0 Å². The molecule has 0 radical (unpaired) electrons. The van der Waals surface area contributed by atoms with E-state index in [1.807, 2.05) is 0 Å². The van der Waals surface area contributed by atoms with Gasteiger partial charge in [-0.25, -0.2) is 17.7 Å². The minimum atomic E-state index is -3.66. The molecule has 0 unspecified atom stereocenters. The van der Waals surface area contributed by atoms with Crippen molar-refractivity contribution in [3.05, 3.63) is 45.4 Å². The number of hydrogen-bond acceptors (Lipinski definition) is 6. The van der Waals surface area contributed by atoms with Gasteiger partial charge in [0.1, 0.15) is 4.88 Å². The third-order valence-electron chi connectivity index (χ3n) is 3.79. The molecule has 0 bridgehead atoms. The predicted octanol–water partition coefficient (Wildman–Crippen LogP) is 1.98. The second kappa shape index (κ2) is 8.80. The number of carbonyl (C=O) groups is 2. The van der Waals surface area contributed by atoms with Crippen molar-refractivity contribution < 1.29 is 18.0 Å². The van der Waals surface area contributed by atoms with Crippen molar-refractivity contribution in [1.29, 1.82) is 0 Å². The van der Waals surface area contributed by atoms with E-state index in [0.29, 0.717) is 16.5 Å². The summed E-state index contributed by atoms with van der Waals surface area (Å²) >= 11 is 1.29. The van der Waals surface area contributed by atoms with Crippen LogP contribution in [0.25, 0.3) is 0 Å². The van der Waals surface area contributed by atoms with Crippen molar-refractivity contribution >= 4 is 33.2 Å². The van der Waals surface area contributed by atoms with Crippen LogP contribution in [0.5, 0.6) is 0 Å². The van der Waals surface area contributed by atoms with Gasteiger partial charge in [-0.15, -0.1) is 11.3 Å². The number of rotatable bonds is 6. The highest BCUT2D eigenvalue weighted by Gasteiger charge is 2.20. The third kappa shape index (κ3) is 5.15. The highest BCUT2D eigenvalue weighted by Crippen LogP contribution is 2.20. The number of carbonyl (C=O) groups excluding carboxylic acids is 2. The molecule has 2 N–H and O–H groups in total. The smallest absolute Gasteiger partial charge is 0.267 e. The average molecular weight is 425 g/mol. The summed E-state index contributed by atoms with van der Waals surface area (Å²) in [7, 11) is -0.841. The Balaban J connectivity index is 2.08. The van der Waals surface area contributed by atoms with Gasteiger partial charge in [0.2, 0.25) is 10.0 Å². The van der Waals surface area contributed by atoms with Gasteiger partial charge >= 0.3 is 0 Å². The average Bonchev–Trinajstić information content (AvgIpc) is 2.98. The number of aromatic nitrogens is 1. The molecule has 28 heavy (non-hydrogen) atoms. The third-order valence-corrected chi connectivity index (χ3v) is 6.78. The molecule has 10 heteroatoms. The number of benzene rings is 1. The van der Waals surface area contributed by atoms with Crippen LogP contribution in [0, 0.1) is 12.8 Å². The first kappa shape index (κ1) is 22.0. The van der Waals surface area contributed by atoms with E-state index in [2.05, 4.69) is 29.7 Å². The molecule has 0 spiro atoms. The fourth-order valence-corrected chi connectivity index (χ4v) is 4.47. The van der Waals surface area contributed by atoms with Gasteiger partial charge in [0, 0.05) is 26.1 Å². The highest BCUT2D eigenvalue weighted by atomic mass is 32.2. The maximum absolute atomic E-state index is 12.4. The topological polar surface area (TPSA) is 108 Å². The Morgan fingerprint density at radius 3 is 2.43 bits per heavy atom. The van der Waals surface area contributed by atoms with Gasteiger partial charge in [-0.3, -0.25) is 20.4 Å². The maximum Gasteiger partial charge on any atom is 0.281 e. The lowest BCUT2D eigenvalue weighted by atomic mass is 10.1. The summed E-state index contributed by atoms with van der Waals surface area (Å²) in [5, 5.41) is 0.866. The second-order valence-electron chi connectivity index (χ2n) is 6.84. The Labute approximate surface area is 169 Å². The summed E-state index contributed by atoms with van der Waals surface area (Å²) in [5.41, 5.74) is 5.39. The highest BCUT2D eigenvalue weighted by molar-refractivity contribution is 7.89. The van der Waals surface area contributed by atoms with Crippen molar-refractivity contribution in [1.82, 2.24) is 20.1 Å². The summed E-state index contributed by atoms with van der Waals surface area (Å²) in [6, 6.07) is 5.60. The van der Waals surface area contributed by atoms with Crippen LogP contribution in [0.3, 0.4) is 0 Å². The molecule has 8 nitrogen and oxygen atoms in total. The minimum absolute atomic E-state index is 0.00638. The molecule has 1 heterocycles. The molecule has 2 amide bonds. The quantitative estimate of drug-likeness (QED) is 0.689. The maximum atomic E-state index is 12.4. The molecule has 0 aliphatic rings. The molecule has 152 valence electrons. The summed E-state index contributed by atoms with van der Waals surface area (Å²) in [6.45, 7) is 5.88. The van der Waals surface area contributed by atoms with E-state index in [0.717, 1.165) is 15.7 Å². The van der Waals surface area contributed by atoms with Crippen LogP contribution < -0.4 is 10.9 Å². The molecule has 2 aromatic rings. The molecule has 1 aromatic carbocycles. The van der Waals surface area contributed by atoms with E-state index in [-0.39, 0.29) is 10.5 Å². The number of sulfonamides is 1. The van der Waals surface area contributed by atoms with Gasteiger partial charge in [0.25, 0.3) is 11.8 Å². The van der Waals surface area contributed by atoms with Crippen molar-refractivity contribution in [2.45, 2.75) is 32.1 Å². The van der Waals surface area contributed by atoms with Crippen LogP contribution in [0.4, 0.5) is 0 Å². The standard InChI is InChI=1S/C18H24N4O4S2/c1-11(2)9-15-19-12(3)16(27-15)18(24)21-20-17(23)13-7-6-8-14(10-13)28(25,26)22(4)5/h6-8,10-11H,9H2,1-5H3,(H,20,23)(H,21,24). The van der Waals surface area contributed by atoms with E-state index in [4.69, 9.17) is 0 Å². The first-order valence-electron chi connectivity index (χ1n) is 8.62. The second-order valence-corrected chi connectivity index (χ2v) is 10.1. The normalized spacial score (nSPS) is 11.7. The molecule has 0 aliphatic carbocycles. The van der Waals surface area contributed by atoms with Gasteiger partial charge in [-0.2, -0.15) is 0 Å². The molecule has 0 saturated heterocycles. The van der Waals surface area contributed by atoms with Gasteiger partial charge in [-0.05, 0) is 31.0 Å². The number of nitrogens with one attached hydrogen (secondary N) is 2. The molecule has 0 saturated carbocycles. The molecule has 0 atom stereocenters. The van der Waals surface area contributed by atoms with E-state index < -0.39 is 21.8 Å². The van der Waals surface area contributed by atoms with E-state index in [9.17, 15) is 18.0 Å². The Bertz CT molecular complexity index is 981. The Morgan fingerprint density at radius 2 is 1.82 bits per heavy atom. The van der Waals surface area contributed by atoms with Crippen LogP contribution in [-0.2, 0) is 16.4 Å². The number of nitrogens with zero attached hydrogens (tertiary/aromatic N) is 2. The minimum Gasteiger partial charge on any atom is -0.267 e. The zero-order valence-electron chi connectivity index (χ0n) is 16.4. The van der Waals surface area contributed by atoms with Crippen molar-refractivity contribution in [3.8, 4) is 0 Å². The van der Waals surface area contributed by atoms with Gasteiger partial charge < -0.3 is 0 Å². The molecule has 2 rings (SSSR count). The molecule has 0 aliphatic heterocycles. The number of amides is 2. The van der Waals surface area contributed by atoms with Crippen LogP contribution >= 0.6 is 11.3 Å². The first-order chi connectivity index (χ1) is 13.0. The zero-order chi connectivity index (χ0) is 21.1. The summed E-state index contributed by atoms with van der Waals surface area (Å²) in [6.07, 6.45) is 0.776. The van der Waals surface area contributed by atoms with E-state index >= 15 is 0 Å². The summed E-state index contributed by atoms with van der Waals surface area (Å²) < 4.78 is 25.4. The van der Waals surface area contributed by atoms with Crippen molar-refractivity contribution in [2.75, 3.05) is 14.1 Å². The lowest BCUT2D eigenvalue weighted by molar-refractivity contribution is 0.0848. The molecule has 0 fully saturated rings. The van der Waals surface area contributed by atoms with Crippen molar-refractivity contribution in [2.24, 2.45) is 5.92 Å². The van der Waals surface area contributed by atoms with Gasteiger partial charge in [-0.1, -0.05) is 19.9 Å². The van der Waals surface area contributed by atoms with Gasteiger partial charge in [0.05, 0.1) is 15.6 Å². The van der Waals surface area contributed by atoms with E-state index in [1.165, 1.54) is 49.7 Å². The van der Waals surface area contributed by atoms with Crippen LogP contribution in [-0.4, -0.2) is 43.6 Å². The van der Waals surface area contributed by atoms with Crippen LogP contribution in [0.15, 0.2) is 29.2 Å². The number of hydrazine groups is 1. The molecule has 1 aromatic heterocycles. The molecular weight excluding hydrogens is 400 g/mol. The predicted molar refractivity (Wildman–Crippen MR) is 108 cm³/mol. The fourth-order valence-electron chi connectivity index (χ4n) is 2.35. The fraction of sp³-hybridized carbons (Fsp3) is 0.389. The Morgan fingerprint density at radius 1 is 1.18 bits per heavy atom. The largest absolute Gasteiger partial charge is 0.281 e. The Kier molecular flexibility index (Phi) is 6.91. The monoisotopic (exact) mass is 424 g/mol. The Hall–Kier alpha value is -2.30. The van der Waals surface area contributed by atoms with E-state index in [1.54, 1.807) is 6.92 Å². The number of aryl methyl sites for hydroxylation is 1. The number of hydrogen-bond donors (Lipinski definition) is 2. The zero-order valence-corrected chi connectivity index (χ0v) is 18.1.